The van der Waals surface area contributed by atoms with Gasteiger partial charge in [-0.05, 0) is 33.3 Å². The summed E-state index contributed by atoms with van der Waals surface area (Å²) in [5.41, 5.74) is 9.44. The van der Waals surface area contributed by atoms with E-state index in [1.807, 2.05) is 26.8 Å². The van der Waals surface area contributed by atoms with Crippen LogP contribution >= 0.6 is 12.4 Å². The Balaban J connectivity index is 0.00000264. The summed E-state index contributed by atoms with van der Waals surface area (Å²) in [5, 5.41) is 7.45. The fourth-order valence-electron chi connectivity index (χ4n) is 2.65. The smallest absolute Gasteiger partial charge is 0.257 e. The van der Waals surface area contributed by atoms with Gasteiger partial charge in [0.2, 0.25) is 0 Å². The Morgan fingerprint density at radius 1 is 1.39 bits per heavy atom. The molecule has 0 aliphatic heterocycles. The number of halogens is 1. The van der Waals surface area contributed by atoms with E-state index in [4.69, 9.17) is 5.73 Å². The number of rotatable bonds is 6. The molecular weight excluding hydrogens is 314 g/mol. The first kappa shape index (κ1) is 19.4. The van der Waals surface area contributed by atoms with Crippen LogP contribution in [0, 0.1) is 20.8 Å². The molecule has 0 saturated carbocycles. The predicted molar refractivity (Wildman–Crippen MR) is 94.3 cm³/mol. The predicted octanol–water partition coefficient (Wildman–Crippen LogP) is 2.32. The van der Waals surface area contributed by atoms with Crippen LogP contribution in [0.4, 0.5) is 0 Å². The lowest BCUT2D eigenvalue weighted by atomic mass is 10.1. The van der Waals surface area contributed by atoms with E-state index in [1.165, 1.54) is 0 Å². The summed E-state index contributed by atoms with van der Waals surface area (Å²) in [6.45, 7) is 8.28. The highest BCUT2D eigenvalue weighted by molar-refractivity contribution is 6.01. The Kier molecular flexibility index (Phi) is 6.97. The topological polar surface area (TPSA) is 85.3 Å². The maximum Gasteiger partial charge on any atom is 0.257 e. The van der Waals surface area contributed by atoms with Crippen LogP contribution in [-0.2, 0) is 0 Å². The second-order valence-corrected chi connectivity index (χ2v) is 5.78. The summed E-state index contributed by atoms with van der Waals surface area (Å²) in [4.78, 5) is 17.1. The van der Waals surface area contributed by atoms with E-state index < -0.39 is 0 Å². The maximum atomic E-state index is 12.6. The average Bonchev–Trinajstić information content (AvgIpc) is 2.79. The van der Waals surface area contributed by atoms with Crippen LogP contribution in [0.3, 0.4) is 0 Å². The number of nitrogens with one attached hydrogen (secondary N) is 1. The molecule has 6 nitrogen and oxygen atoms in total. The average molecular weight is 340 g/mol. The molecule has 0 aromatic carbocycles. The highest BCUT2D eigenvalue weighted by atomic mass is 35.5. The first-order valence-electron chi connectivity index (χ1n) is 7.82. The number of carbonyl (C=O) groups is 1. The third kappa shape index (κ3) is 4.20. The number of nitrogens with two attached hydrogens (primary N) is 1. The minimum Gasteiger partial charge on any atom is -0.348 e. The lowest BCUT2D eigenvalue weighted by Crippen LogP contribution is -2.40. The van der Waals surface area contributed by atoms with Crippen LogP contribution < -0.4 is 11.1 Å². The highest BCUT2D eigenvalue weighted by Crippen LogP contribution is 2.16. The molecule has 2 aromatic heterocycles. The lowest BCUT2D eigenvalue weighted by Gasteiger charge is -2.16. The SMILES string of the molecule is CCCCC(CN)NC(=O)c1c(C)nn2c(C)cc(C)nc12.Cl. The summed E-state index contributed by atoms with van der Waals surface area (Å²) in [6.07, 6.45) is 3.02. The Morgan fingerprint density at radius 2 is 2.09 bits per heavy atom. The second kappa shape index (κ2) is 8.26. The fourth-order valence-corrected chi connectivity index (χ4v) is 2.65. The van der Waals surface area contributed by atoms with E-state index >= 15 is 0 Å². The number of aryl methyl sites for hydroxylation is 3. The van der Waals surface area contributed by atoms with Crippen LogP contribution in [0.15, 0.2) is 6.07 Å². The standard InChI is InChI=1S/C16H25N5O.ClH/c1-5-6-7-13(9-17)19-16(22)14-12(4)20-21-11(3)8-10(2)18-15(14)21;/h8,13H,5-7,9,17H2,1-4H3,(H,19,22);1H. The summed E-state index contributed by atoms with van der Waals surface area (Å²) < 4.78 is 1.72. The van der Waals surface area contributed by atoms with Gasteiger partial charge < -0.3 is 11.1 Å². The Morgan fingerprint density at radius 3 is 2.70 bits per heavy atom. The molecule has 0 bridgehead atoms. The highest BCUT2D eigenvalue weighted by Gasteiger charge is 2.21. The van der Waals surface area contributed by atoms with Gasteiger partial charge in [0.15, 0.2) is 5.65 Å². The zero-order chi connectivity index (χ0) is 16.3. The van der Waals surface area contributed by atoms with Crippen molar-refractivity contribution in [2.24, 2.45) is 5.73 Å². The Hall–Kier alpha value is -1.66. The summed E-state index contributed by atoms with van der Waals surface area (Å²) in [5.74, 6) is -0.142. The van der Waals surface area contributed by atoms with E-state index in [2.05, 4.69) is 22.3 Å². The molecule has 0 aliphatic carbocycles. The van der Waals surface area contributed by atoms with Crippen LogP contribution in [0.5, 0.6) is 0 Å². The van der Waals surface area contributed by atoms with Gasteiger partial charge in [0.1, 0.15) is 5.56 Å². The molecule has 2 aromatic rings. The minimum absolute atomic E-state index is 0. The van der Waals surface area contributed by atoms with Crippen molar-refractivity contribution in [2.75, 3.05) is 6.54 Å². The van der Waals surface area contributed by atoms with Crippen molar-refractivity contribution >= 4 is 24.0 Å². The van der Waals surface area contributed by atoms with Crippen molar-refractivity contribution in [3.63, 3.8) is 0 Å². The number of hydrogen-bond donors (Lipinski definition) is 2. The van der Waals surface area contributed by atoms with E-state index in [0.29, 0.717) is 23.4 Å². The summed E-state index contributed by atoms with van der Waals surface area (Å²) in [6, 6.07) is 1.94. The Labute approximate surface area is 143 Å². The maximum absolute atomic E-state index is 12.6. The first-order valence-corrected chi connectivity index (χ1v) is 7.82. The third-order valence-electron chi connectivity index (χ3n) is 3.82. The molecule has 2 heterocycles. The van der Waals surface area contributed by atoms with Crippen LogP contribution in [0.25, 0.3) is 5.65 Å². The number of aromatic nitrogens is 3. The molecule has 0 aliphatic rings. The Bertz CT molecular complexity index is 683. The molecule has 1 atom stereocenters. The number of amides is 1. The number of carbonyl (C=O) groups excluding carboxylic acids is 1. The molecule has 0 fully saturated rings. The zero-order valence-corrected chi connectivity index (χ0v) is 15.0. The molecule has 0 radical (unpaired) electrons. The third-order valence-corrected chi connectivity index (χ3v) is 3.82. The second-order valence-electron chi connectivity index (χ2n) is 5.78. The number of unbranched alkanes of at least 4 members (excludes halogenated alkanes) is 1. The molecule has 1 unspecified atom stereocenters. The van der Waals surface area contributed by atoms with Crippen LogP contribution in [0.2, 0.25) is 0 Å². The summed E-state index contributed by atoms with van der Waals surface area (Å²) >= 11 is 0. The van der Waals surface area contributed by atoms with Crippen LogP contribution in [-0.4, -0.2) is 33.1 Å². The molecule has 0 spiro atoms. The van der Waals surface area contributed by atoms with E-state index in [-0.39, 0.29) is 24.4 Å². The lowest BCUT2D eigenvalue weighted by molar-refractivity contribution is 0.0936. The largest absolute Gasteiger partial charge is 0.348 e. The van der Waals surface area contributed by atoms with Gasteiger partial charge in [-0.3, -0.25) is 4.79 Å². The molecule has 128 valence electrons. The van der Waals surface area contributed by atoms with Gasteiger partial charge in [-0.15, -0.1) is 12.4 Å². The van der Waals surface area contributed by atoms with E-state index in [0.717, 1.165) is 30.7 Å². The number of hydrogen-bond acceptors (Lipinski definition) is 4. The zero-order valence-electron chi connectivity index (χ0n) is 14.2. The van der Waals surface area contributed by atoms with Crippen molar-refractivity contribution in [2.45, 2.75) is 53.0 Å². The van der Waals surface area contributed by atoms with E-state index in [9.17, 15) is 4.79 Å². The van der Waals surface area contributed by atoms with E-state index in [1.54, 1.807) is 4.52 Å². The van der Waals surface area contributed by atoms with Crippen molar-refractivity contribution in [1.29, 1.82) is 0 Å². The molecule has 1 amide bonds. The fraction of sp³-hybridized carbons (Fsp3) is 0.562. The van der Waals surface area contributed by atoms with Gasteiger partial charge in [-0.2, -0.15) is 5.10 Å². The van der Waals surface area contributed by atoms with Gasteiger partial charge in [0, 0.05) is 24.0 Å². The molecule has 7 heteroatoms. The van der Waals surface area contributed by atoms with Gasteiger partial charge >= 0.3 is 0 Å². The molecule has 2 rings (SSSR count). The van der Waals surface area contributed by atoms with Gasteiger partial charge in [-0.25, -0.2) is 9.50 Å². The minimum atomic E-state index is -0.142. The van der Waals surface area contributed by atoms with Crippen molar-refractivity contribution in [3.05, 3.63) is 28.7 Å². The normalized spacial score (nSPS) is 12.0. The van der Waals surface area contributed by atoms with Crippen molar-refractivity contribution < 1.29 is 4.79 Å². The molecule has 3 N–H and O–H groups in total. The molecule has 23 heavy (non-hydrogen) atoms. The van der Waals surface area contributed by atoms with Crippen LogP contribution in [0.1, 0.15) is 53.6 Å². The first-order chi connectivity index (χ1) is 10.5. The van der Waals surface area contributed by atoms with Gasteiger partial charge in [0.25, 0.3) is 5.91 Å². The number of fused-ring (bicyclic) bond motifs is 1. The molecule has 0 saturated heterocycles. The number of nitrogens with zero attached hydrogens (tertiary/aromatic N) is 3. The monoisotopic (exact) mass is 339 g/mol. The van der Waals surface area contributed by atoms with Crippen molar-refractivity contribution in [1.82, 2.24) is 19.9 Å². The van der Waals surface area contributed by atoms with Gasteiger partial charge in [0.05, 0.1) is 5.69 Å². The van der Waals surface area contributed by atoms with Crippen molar-refractivity contribution in [3.8, 4) is 0 Å². The summed E-state index contributed by atoms with van der Waals surface area (Å²) in [7, 11) is 0. The quantitative estimate of drug-likeness (QED) is 0.845. The molecular formula is C16H26ClN5O. The van der Waals surface area contributed by atoms with Gasteiger partial charge in [-0.1, -0.05) is 19.8 Å².